The fourth-order valence-electron chi connectivity index (χ4n) is 3.09. The van der Waals surface area contributed by atoms with Crippen LogP contribution in [0.5, 0.6) is 0 Å². The summed E-state index contributed by atoms with van der Waals surface area (Å²) in [6.07, 6.45) is -0.106. The number of aliphatic hydroxyl groups is 4. The van der Waals surface area contributed by atoms with E-state index in [1.165, 1.54) is 23.3 Å². The zero-order valence-electron chi connectivity index (χ0n) is 14.1. The minimum absolute atomic E-state index is 0.0260. The van der Waals surface area contributed by atoms with Crippen molar-refractivity contribution >= 4 is 23.0 Å². The van der Waals surface area contributed by atoms with E-state index in [4.69, 9.17) is 4.74 Å². The number of benzene rings is 1. The standard InChI is InChI=1S/C18H18N4O5/c23-7-13-15(25)16(26)18(27-13)22-9-21-14-11(19-8-20-17(14)22)6-12(24)10-4-2-1-3-5-10/h1-6,8-9,13,15-16,18,23-26H,7H2. The summed E-state index contributed by atoms with van der Waals surface area (Å²) in [5, 5.41) is 39.8. The molecule has 4 unspecified atom stereocenters. The molecular weight excluding hydrogens is 352 g/mol. The van der Waals surface area contributed by atoms with Crippen molar-refractivity contribution in [3.8, 4) is 0 Å². The van der Waals surface area contributed by atoms with E-state index >= 15 is 0 Å². The van der Waals surface area contributed by atoms with Gasteiger partial charge < -0.3 is 25.2 Å². The predicted octanol–water partition coefficient (Wildman–Crippen LogP) is 0.494. The molecule has 27 heavy (non-hydrogen) atoms. The smallest absolute Gasteiger partial charge is 0.166 e. The van der Waals surface area contributed by atoms with E-state index in [9.17, 15) is 20.4 Å². The number of hydrogen-bond donors (Lipinski definition) is 4. The number of ether oxygens (including phenoxy) is 1. The van der Waals surface area contributed by atoms with Gasteiger partial charge in [-0.25, -0.2) is 15.0 Å². The highest BCUT2D eigenvalue weighted by Crippen LogP contribution is 2.31. The number of hydrogen-bond acceptors (Lipinski definition) is 8. The Kier molecular flexibility index (Phi) is 4.58. The van der Waals surface area contributed by atoms with Gasteiger partial charge in [0.25, 0.3) is 0 Å². The Balaban J connectivity index is 1.73. The lowest BCUT2D eigenvalue weighted by Crippen LogP contribution is -2.33. The molecule has 1 fully saturated rings. The van der Waals surface area contributed by atoms with Gasteiger partial charge in [-0.05, 0) is 0 Å². The highest BCUT2D eigenvalue weighted by Gasteiger charge is 2.43. The Morgan fingerprint density at radius 2 is 1.89 bits per heavy atom. The lowest BCUT2D eigenvalue weighted by atomic mass is 10.1. The fourth-order valence-corrected chi connectivity index (χ4v) is 3.09. The van der Waals surface area contributed by atoms with Crippen LogP contribution < -0.4 is 0 Å². The maximum atomic E-state index is 10.3. The molecule has 4 atom stereocenters. The van der Waals surface area contributed by atoms with Gasteiger partial charge >= 0.3 is 0 Å². The predicted molar refractivity (Wildman–Crippen MR) is 95.3 cm³/mol. The second-order valence-electron chi connectivity index (χ2n) is 6.21. The van der Waals surface area contributed by atoms with Crippen molar-refractivity contribution < 1.29 is 25.2 Å². The molecule has 1 aliphatic heterocycles. The van der Waals surface area contributed by atoms with Crippen molar-refractivity contribution in [1.82, 2.24) is 19.5 Å². The number of aromatic nitrogens is 4. The molecular formula is C18H18N4O5. The third kappa shape index (κ3) is 3.06. The molecule has 0 amide bonds. The van der Waals surface area contributed by atoms with Gasteiger partial charge in [-0.2, -0.15) is 0 Å². The lowest BCUT2D eigenvalue weighted by Gasteiger charge is -2.16. The normalized spacial score (nSPS) is 26.0. The molecule has 3 heterocycles. The van der Waals surface area contributed by atoms with Crippen LogP contribution in [0.3, 0.4) is 0 Å². The van der Waals surface area contributed by atoms with Crippen molar-refractivity contribution in [2.45, 2.75) is 24.5 Å². The molecule has 0 aliphatic carbocycles. The summed E-state index contributed by atoms with van der Waals surface area (Å²) >= 11 is 0. The molecule has 4 rings (SSSR count). The molecule has 0 bridgehead atoms. The molecule has 9 nitrogen and oxygen atoms in total. The Morgan fingerprint density at radius 1 is 1.11 bits per heavy atom. The SMILES string of the molecule is OCC1OC(n2cnc3c(C=C(O)c4ccccc4)ncnc32)C(O)C1O. The van der Waals surface area contributed by atoms with Crippen molar-refractivity contribution in [2.24, 2.45) is 0 Å². The van der Waals surface area contributed by atoms with E-state index < -0.39 is 31.1 Å². The summed E-state index contributed by atoms with van der Waals surface area (Å²) in [6, 6.07) is 9.00. The van der Waals surface area contributed by atoms with Crippen LogP contribution in [0.4, 0.5) is 0 Å². The third-order valence-electron chi connectivity index (χ3n) is 4.52. The second kappa shape index (κ2) is 7.05. The first-order valence-corrected chi connectivity index (χ1v) is 8.36. The van der Waals surface area contributed by atoms with Gasteiger partial charge in [0.05, 0.1) is 18.6 Å². The van der Waals surface area contributed by atoms with Gasteiger partial charge in [0.15, 0.2) is 11.9 Å². The zero-order valence-corrected chi connectivity index (χ0v) is 14.1. The number of nitrogens with zero attached hydrogens (tertiary/aromatic N) is 4. The number of fused-ring (bicyclic) bond motifs is 1. The minimum Gasteiger partial charge on any atom is -0.507 e. The molecule has 3 aromatic rings. The van der Waals surface area contributed by atoms with Gasteiger partial charge in [-0.1, -0.05) is 30.3 Å². The fraction of sp³-hybridized carbons (Fsp3) is 0.278. The molecule has 0 spiro atoms. The van der Waals surface area contributed by atoms with Gasteiger partial charge in [0.1, 0.15) is 35.9 Å². The van der Waals surface area contributed by atoms with Crippen LogP contribution in [0.1, 0.15) is 17.5 Å². The summed E-state index contributed by atoms with van der Waals surface area (Å²) < 4.78 is 7.00. The number of aliphatic hydroxyl groups excluding tert-OH is 4. The second-order valence-corrected chi connectivity index (χ2v) is 6.21. The van der Waals surface area contributed by atoms with Crippen LogP contribution >= 0.6 is 0 Å². The molecule has 4 N–H and O–H groups in total. The van der Waals surface area contributed by atoms with Gasteiger partial charge in [0, 0.05) is 11.6 Å². The molecule has 140 valence electrons. The highest BCUT2D eigenvalue weighted by atomic mass is 16.6. The van der Waals surface area contributed by atoms with Gasteiger partial charge in [0.2, 0.25) is 0 Å². The summed E-state index contributed by atoms with van der Waals surface area (Å²) in [4.78, 5) is 12.6. The van der Waals surface area contributed by atoms with Crippen LogP contribution in [0.25, 0.3) is 23.0 Å². The quantitative estimate of drug-likeness (QED) is 0.488. The Hall–Kier alpha value is -2.85. The van der Waals surface area contributed by atoms with E-state index in [-0.39, 0.29) is 5.76 Å². The first-order valence-electron chi connectivity index (χ1n) is 8.36. The molecule has 0 saturated carbocycles. The third-order valence-corrected chi connectivity index (χ3v) is 4.52. The van der Waals surface area contributed by atoms with E-state index in [1.54, 1.807) is 12.1 Å². The summed E-state index contributed by atoms with van der Waals surface area (Å²) in [5.41, 5.74) is 1.80. The molecule has 1 saturated heterocycles. The molecule has 1 aromatic carbocycles. The van der Waals surface area contributed by atoms with E-state index in [1.807, 2.05) is 18.2 Å². The zero-order chi connectivity index (χ0) is 19.0. The largest absolute Gasteiger partial charge is 0.507 e. The van der Waals surface area contributed by atoms with E-state index in [0.717, 1.165) is 0 Å². The molecule has 0 radical (unpaired) electrons. The van der Waals surface area contributed by atoms with Crippen molar-refractivity contribution in [1.29, 1.82) is 0 Å². The maximum absolute atomic E-state index is 10.3. The molecule has 1 aliphatic rings. The van der Waals surface area contributed by atoms with Crippen LogP contribution in [0.15, 0.2) is 43.0 Å². The molecule has 2 aromatic heterocycles. The van der Waals surface area contributed by atoms with E-state index in [0.29, 0.717) is 22.4 Å². The van der Waals surface area contributed by atoms with Gasteiger partial charge in [-0.15, -0.1) is 0 Å². The van der Waals surface area contributed by atoms with E-state index in [2.05, 4.69) is 15.0 Å². The van der Waals surface area contributed by atoms with Crippen molar-refractivity contribution in [3.63, 3.8) is 0 Å². The Morgan fingerprint density at radius 3 is 2.59 bits per heavy atom. The Bertz CT molecular complexity index is 974. The first kappa shape index (κ1) is 17.6. The average Bonchev–Trinajstić information content (AvgIpc) is 3.25. The highest BCUT2D eigenvalue weighted by molar-refractivity contribution is 5.86. The first-order chi connectivity index (χ1) is 13.1. The Labute approximate surface area is 153 Å². The van der Waals surface area contributed by atoms with Crippen LogP contribution in [0.2, 0.25) is 0 Å². The summed E-state index contributed by atoms with van der Waals surface area (Å²) in [6.45, 7) is -0.421. The lowest BCUT2D eigenvalue weighted by molar-refractivity contribution is -0.0511. The number of rotatable bonds is 4. The van der Waals surface area contributed by atoms with Crippen LogP contribution in [-0.4, -0.2) is 64.9 Å². The maximum Gasteiger partial charge on any atom is 0.166 e. The van der Waals surface area contributed by atoms with Crippen LogP contribution in [0, 0.1) is 0 Å². The van der Waals surface area contributed by atoms with Crippen molar-refractivity contribution in [2.75, 3.05) is 6.61 Å². The topological polar surface area (TPSA) is 134 Å². The minimum atomic E-state index is -1.24. The molecule has 9 heteroatoms. The average molecular weight is 370 g/mol. The summed E-state index contributed by atoms with van der Waals surface area (Å²) in [5.74, 6) is 0.0260. The van der Waals surface area contributed by atoms with Crippen LogP contribution in [-0.2, 0) is 4.74 Å². The van der Waals surface area contributed by atoms with Gasteiger partial charge in [-0.3, -0.25) is 4.57 Å². The summed E-state index contributed by atoms with van der Waals surface area (Å²) in [7, 11) is 0. The monoisotopic (exact) mass is 370 g/mol. The van der Waals surface area contributed by atoms with Crippen molar-refractivity contribution in [3.05, 3.63) is 54.2 Å². The number of imidazole rings is 1.